The highest BCUT2D eigenvalue weighted by atomic mass is 32.2. The zero-order valence-corrected chi connectivity index (χ0v) is 11.2. The Morgan fingerprint density at radius 3 is 2.39 bits per heavy atom. The lowest BCUT2D eigenvalue weighted by Gasteiger charge is -2.27. The predicted octanol–water partition coefficient (Wildman–Crippen LogP) is 2.40. The highest BCUT2D eigenvalue weighted by Gasteiger charge is 2.21. The Hall–Kier alpha value is -0.720. The van der Waals surface area contributed by atoms with Crippen LogP contribution in [-0.2, 0) is 0 Å². The second kappa shape index (κ2) is 7.01. The normalized spacial score (nSPS) is 13.1. The molecule has 1 aromatic rings. The Labute approximate surface area is 109 Å². The van der Waals surface area contributed by atoms with Crippen LogP contribution >= 0.6 is 11.8 Å². The molecule has 0 saturated carbocycles. The zero-order valence-electron chi connectivity index (χ0n) is 10.4. The molecule has 1 unspecified atom stereocenters. The standard InChI is InChI=1S/C12H17F3N2S/c1-17(3-4-18-2)12(7-16)8-5-10(14)11(15)6-9(8)13/h5-6,12H,3-4,7,16H2,1-2H3. The van der Waals surface area contributed by atoms with Gasteiger partial charge >= 0.3 is 0 Å². The molecule has 1 aromatic carbocycles. The molecular formula is C12H17F3N2S. The van der Waals surface area contributed by atoms with Crippen LogP contribution in [0, 0.1) is 17.5 Å². The Balaban J connectivity index is 2.97. The molecule has 0 aromatic heterocycles. The van der Waals surface area contributed by atoms with Crippen LogP contribution in [0.3, 0.4) is 0 Å². The van der Waals surface area contributed by atoms with Gasteiger partial charge in [-0.3, -0.25) is 4.90 Å². The number of thioether (sulfide) groups is 1. The summed E-state index contributed by atoms with van der Waals surface area (Å²) in [5.41, 5.74) is 5.70. The van der Waals surface area contributed by atoms with Crippen LogP contribution in [0.15, 0.2) is 12.1 Å². The Kier molecular flexibility index (Phi) is 5.98. The summed E-state index contributed by atoms with van der Waals surface area (Å²) in [6.07, 6.45) is 1.96. The topological polar surface area (TPSA) is 29.3 Å². The highest BCUT2D eigenvalue weighted by molar-refractivity contribution is 7.98. The van der Waals surface area contributed by atoms with Crippen molar-refractivity contribution in [1.29, 1.82) is 0 Å². The summed E-state index contributed by atoms with van der Waals surface area (Å²) in [6, 6.07) is 1.00. The monoisotopic (exact) mass is 278 g/mol. The fourth-order valence-corrected chi connectivity index (χ4v) is 2.20. The quantitative estimate of drug-likeness (QED) is 0.810. The van der Waals surface area contributed by atoms with Crippen LogP contribution < -0.4 is 5.73 Å². The molecule has 0 heterocycles. The van der Waals surface area contributed by atoms with Crippen LogP contribution in [0.1, 0.15) is 11.6 Å². The van der Waals surface area contributed by atoms with Gasteiger partial charge in [-0.05, 0) is 19.4 Å². The first-order chi connectivity index (χ1) is 8.51. The molecule has 0 saturated heterocycles. The lowest BCUT2D eigenvalue weighted by atomic mass is 10.0. The van der Waals surface area contributed by atoms with E-state index in [-0.39, 0.29) is 12.1 Å². The molecule has 0 aliphatic rings. The van der Waals surface area contributed by atoms with Gasteiger partial charge < -0.3 is 5.73 Å². The number of nitrogens with two attached hydrogens (primary N) is 1. The van der Waals surface area contributed by atoms with Gasteiger partial charge in [0.2, 0.25) is 0 Å². The third-order valence-corrected chi connectivity index (χ3v) is 3.39. The second-order valence-corrected chi connectivity index (χ2v) is 5.00. The van der Waals surface area contributed by atoms with Gasteiger partial charge in [-0.2, -0.15) is 11.8 Å². The van der Waals surface area contributed by atoms with Crippen molar-refractivity contribution in [3.63, 3.8) is 0 Å². The highest BCUT2D eigenvalue weighted by Crippen LogP contribution is 2.24. The predicted molar refractivity (Wildman–Crippen MR) is 69.1 cm³/mol. The van der Waals surface area contributed by atoms with Crippen LogP contribution in [-0.4, -0.2) is 37.0 Å². The summed E-state index contributed by atoms with van der Waals surface area (Å²) in [7, 11) is 1.79. The van der Waals surface area contributed by atoms with Crippen molar-refractivity contribution in [1.82, 2.24) is 4.90 Å². The van der Waals surface area contributed by atoms with Crippen LogP contribution in [0.2, 0.25) is 0 Å². The molecule has 1 atom stereocenters. The summed E-state index contributed by atoms with van der Waals surface area (Å²) >= 11 is 1.65. The van der Waals surface area contributed by atoms with E-state index in [4.69, 9.17) is 5.73 Å². The minimum Gasteiger partial charge on any atom is -0.329 e. The molecule has 18 heavy (non-hydrogen) atoms. The number of benzene rings is 1. The lowest BCUT2D eigenvalue weighted by Crippen LogP contribution is -2.33. The number of hydrogen-bond donors (Lipinski definition) is 1. The van der Waals surface area contributed by atoms with Crippen molar-refractivity contribution in [2.45, 2.75) is 6.04 Å². The molecule has 0 spiro atoms. The van der Waals surface area contributed by atoms with Gasteiger partial charge in [-0.15, -0.1) is 0 Å². The Morgan fingerprint density at radius 2 is 1.83 bits per heavy atom. The van der Waals surface area contributed by atoms with E-state index in [0.717, 1.165) is 11.8 Å². The van der Waals surface area contributed by atoms with Crippen molar-refractivity contribution in [3.05, 3.63) is 35.1 Å². The number of rotatable bonds is 6. The van der Waals surface area contributed by atoms with Gasteiger partial charge in [0.05, 0.1) is 0 Å². The van der Waals surface area contributed by atoms with E-state index in [2.05, 4.69) is 0 Å². The van der Waals surface area contributed by atoms with Crippen LogP contribution in [0.4, 0.5) is 13.2 Å². The molecular weight excluding hydrogens is 261 g/mol. The SMILES string of the molecule is CSCCN(C)C(CN)c1cc(F)c(F)cc1F. The fraction of sp³-hybridized carbons (Fsp3) is 0.500. The molecule has 0 aliphatic carbocycles. The molecule has 2 N–H and O–H groups in total. The van der Waals surface area contributed by atoms with E-state index in [1.165, 1.54) is 0 Å². The maximum Gasteiger partial charge on any atom is 0.161 e. The summed E-state index contributed by atoms with van der Waals surface area (Å²) < 4.78 is 39.7. The lowest BCUT2D eigenvalue weighted by molar-refractivity contribution is 0.258. The first-order valence-electron chi connectivity index (χ1n) is 5.55. The third kappa shape index (κ3) is 3.63. The summed E-state index contributed by atoms with van der Waals surface area (Å²) in [5.74, 6) is -2.14. The van der Waals surface area contributed by atoms with Gasteiger partial charge in [0.15, 0.2) is 11.6 Å². The first kappa shape index (κ1) is 15.3. The van der Waals surface area contributed by atoms with Crippen molar-refractivity contribution in [3.8, 4) is 0 Å². The largest absolute Gasteiger partial charge is 0.329 e. The maximum atomic E-state index is 13.7. The molecule has 2 nitrogen and oxygen atoms in total. The summed E-state index contributed by atoms with van der Waals surface area (Å²) in [5, 5.41) is 0. The minimum absolute atomic E-state index is 0.0972. The fourth-order valence-electron chi connectivity index (χ4n) is 1.73. The van der Waals surface area contributed by atoms with Crippen molar-refractivity contribution in [2.75, 3.05) is 32.1 Å². The summed E-state index contributed by atoms with van der Waals surface area (Å²) in [6.45, 7) is 0.842. The second-order valence-electron chi connectivity index (χ2n) is 4.01. The van der Waals surface area contributed by atoms with E-state index >= 15 is 0 Å². The molecule has 1 rings (SSSR count). The smallest absolute Gasteiger partial charge is 0.161 e. The average Bonchev–Trinajstić information content (AvgIpc) is 2.33. The molecule has 6 heteroatoms. The third-order valence-electron chi connectivity index (χ3n) is 2.80. The molecule has 0 fully saturated rings. The van der Waals surface area contributed by atoms with Gasteiger partial charge in [0.1, 0.15) is 5.82 Å². The van der Waals surface area contributed by atoms with E-state index in [1.807, 2.05) is 11.2 Å². The Morgan fingerprint density at radius 1 is 1.22 bits per heavy atom. The van der Waals surface area contributed by atoms with Gasteiger partial charge in [-0.25, -0.2) is 13.2 Å². The van der Waals surface area contributed by atoms with Crippen LogP contribution in [0.5, 0.6) is 0 Å². The average molecular weight is 278 g/mol. The molecule has 0 radical (unpaired) electrons. The van der Waals surface area contributed by atoms with Crippen molar-refractivity contribution in [2.24, 2.45) is 5.73 Å². The van der Waals surface area contributed by atoms with Gasteiger partial charge in [-0.1, -0.05) is 0 Å². The molecule has 0 aliphatic heterocycles. The van der Waals surface area contributed by atoms with E-state index in [0.29, 0.717) is 12.6 Å². The van der Waals surface area contributed by atoms with E-state index in [1.54, 1.807) is 18.8 Å². The molecule has 102 valence electrons. The minimum atomic E-state index is -1.18. The number of likely N-dealkylation sites (N-methyl/N-ethyl adjacent to an activating group) is 1. The van der Waals surface area contributed by atoms with Crippen LogP contribution in [0.25, 0.3) is 0 Å². The summed E-state index contributed by atoms with van der Waals surface area (Å²) in [4.78, 5) is 1.84. The van der Waals surface area contributed by atoms with Gasteiger partial charge in [0.25, 0.3) is 0 Å². The number of nitrogens with zero attached hydrogens (tertiary/aromatic N) is 1. The van der Waals surface area contributed by atoms with E-state index < -0.39 is 23.5 Å². The Bertz CT molecular complexity index is 401. The van der Waals surface area contributed by atoms with Crippen molar-refractivity contribution >= 4 is 11.8 Å². The van der Waals surface area contributed by atoms with E-state index in [9.17, 15) is 13.2 Å². The van der Waals surface area contributed by atoms with Gasteiger partial charge in [0, 0.05) is 36.5 Å². The van der Waals surface area contributed by atoms with Crippen molar-refractivity contribution < 1.29 is 13.2 Å². The number of hydrogen-bond acceptors (Lipinski definition) is 3. The molecule has 0 bridgehead atoms. The number of halogens is 3. The zero-order chi connectivity index (χ0) is 13.7. The first-order valence-corrected chi connectivity index (χ1v) is 6.94. The molecule has 0 amide bonds. The maximum absolute atomic E-state index is 13.7.